The van der Waals surface area contributed by atoms with Crippen LogP contribution in [0.15, 0.2) is 12.1 Å². The lowest BCUT2D eigenvalue weighted by Crippen LogP contribution is -2.53. The molecule has 0 amide bonds. The van der Waals surface area contributed by atoms with Crippen molar-refractivity contribution in [2.45, 2.75) is 19.4 Å². The maximum atomic E-state index is 11.6. The summed E-state index contributed by atoms with van der Waals surface area (Å²) in [7, 11) is 1.24. The Labute approximate surface area is 121 Å². The van der Waals surface area contributed by atoms with Gasteiger partial charge in [-0.15, -0.1) is 0 Å². The van der Waals surface area contributed by atoms with E-state index in [0.29, 0.717) is 19.8 Å². The van der Waals surface area contributed by atoms with E-state index < -0.39 is 16.4 Å². The van der Waals surface area contributed by atoms with Gasteiger partial charge in [-0.25, -0.2) is 9.78 Å². The molecule has 0 saturated carbocycles. The van der Waals surface area contributed by atoms with Crippen molar-refractivity contribution in [2.75, 3.05) is 31.8 Å². The number of carbonyl (C=O) groups is 1. The van der Waals surface area contributed by atoms with Crippen LogP contribution in [0.5, 0.6) is 0 Å². The summed E-state index contributed by atoms with van der Waals surface area (Å²) in [6.45, 7) is 5.15. The van der Waals surface area contributed by atoms with Gasteiger partial charge in [0.2, 0.25) is 5.82 Å². The van der Waals surface area contributed by atoms with E-state index in [2.05, 4.69) is 9.72 Å². The number of carbonyl (C=O) groups excluding carboxylic acids is 1. The van der Waals surface area contributed by atoms with Gasteiger partial charge in [0.1, 0.15) is 0 Å². The first-order valence-corrected chi connectivity index (χ1v) is 6.46. The van der Waals surface area contributed by atoms with E-state index in [9.17, 15) is 14.9 Å². The minimum atomic E-state index is -0.628. The predicted molar refractivity (Wildman–Crippen MR) is 74.5 cm³/mol. The van der Waals surface area contributed by atoms with Crippen molar-refractivity contribution in [3.63, 3.8) is 0 Å². The standard InChI is InChI=1S/C13H17N3O5/c1-13(2)8-21-7-6-15(13)11-10(16(18)19)5-4-9(14-11)12(17)20-3/h4-5H,6-8H2,1-3H3. The fourth-order valence-corrected chi connectivity index (χ4v) is 2.25. The first kappa shape index (κ1) is 15.2. The van der Waals surface area contributed by atoms with Crippen LogP contribution in [0.25, 0.3) is 0 Å². The topological polar surface area (TPSA) is 94.8 Å². The van der Waals surface area contributed by atoms with E-state index in [1.54, 1.807) is 4.90 Å². The summed E-state index contributed by atoms with van der Waals surface area (Å²) in [6.07, 6.45) is 0. The molecule has 0 atom stereocenters. The van der Waals surface area contributed by atoms with Gasteiger partial charge in [-0.1, -0.05) is 0 Å². The largest absolute Gasteiger partial charge is 0.464 e. The second kappa shape index (κ2) is 5.65. The molecule has 0 N–H and O–H groups in total. The van der Waals surface area contributed by atoms with Crippen LogP contribution in [0.2, 0.25) is 0 Å². The number of esters is 1. The van der Waals surface area contributed by atoms with E-state index in [-0.39, 0.29) is 17.2 Å². The number of rotatable bonds is 3. The molecular formula is C13H17N3O5. The Hall–Kier alpha value is -2.22. The van der Waals surface area contributed by atoms with Crippen LogP contribution in [-0.4, -0.2) is 48.3 Å². The van der Waals surface area contributed by atoms with E-state index in [0.717, 1.165) is 0 Å². The lowest BCUT2D eigenvalue weighted by atomic mass is 10.0. The van der Waals surface area contributed by atoms with Gasteiger partial charge in [0.15, 0.2) is 5.69 Å². The second-order valence-corrected chi connectivity index (χ2v) is 5.30. The lowest BCUT2D eigenvalue weighted by Gasteiger charge is -2.42. The van der Waals surface area contributed by atoms with Crippen molar-refractivity contribution < 1.29 is 19.2 Å². The maximum Gasteiger partial charge on any atom is 0.356 e. The Morgan fingerprint density at radius 1 is 1.52 bits per heavy atom. The summed E-state index contributed by atoms with van der Waals surface area (Å²) in [5, 5.41) is 11.2. The Kier molecular flexibility index (Phi) is 4.08. The number of hydrogen-bond donors (Lipinski definition) is 0. The first-order valence-electron chi connectivity index (χ1n) is 6.46. The van der Waals surface area contributed by atoms with Crippen molar-refractivity contribution in [2.24, 2.45) is 0 Å². The molecule has 0 aliphatic carbocycles. The molecule has 0 aromatic carbocycles. The van der Waals surface area contributed by atoms with Crippen molar-refractivity contribution in [3.8, 4) is 0 Å². The summed E-state index contributed by atoms with van der Waals surface area (Å²) in [5.74, 6) is -0.464. The third-order valence-electron chi connectivity index (χ3n) is 3.35. The molecule has 1 aromatic rings. The van der Waals surface area contributed by atoms with Crippen LogP contribution < -0.4 is 4.90 Å². The van der Waals surface area contributed by atoms with Gasteiger partial charge >= 0.3 is 11.7 Å². The van der Waals surface area contributed by atoms with E-state index >= 15 is 0 Å². The highest BCUT2D eigenvalue weighted by Gasteiger charge is 2.36. The average molecular weight is 295 g/mol. The minimum absolute atomic E-state index is 0.0420. The number of methoxy groups -OCH3 is 1. The van der Waals surface area contributed by atoms with Crippen molar-refractivity contribution in [1.82, 2.24) is 4.98 Å². The van der Waals surface area contributed by atoms with Crippen LogP contribution >= 0.6 is 0 Å². The van der Waals surface area contributed by atoms with Crippen molar-refractivity contribution in [1.29, 1.82) is 0 Å². The van der Waals surface area contributed by atoms with Crippen LogP contribution in [0.4, 0.5) is 11.5 Å². The molecule has 0 unspecified atom stereocenters. The van der Waals surface area contributed by atoms with Crippen LogP contribution in [0.3, 0.4) is 0 Å². The summed E-state index contributed by atoms with van der Waals surface area (Å²) in [4.78, 5) is 28.2. The molecule has 8 nitrogen and oxygen atoms in total. The monoisotopic (exact) mass is 295 g/mol. The van der Waals surface area contributed by atoms with Crippen molar-refractivity contribution in [3.05, 3.63) is 27.9 Å². The fourth-order valence-electron chi connectivity index (χ4n) is 2.25. The van der Waals surface area contributed by atoms with E-state index in [4.69, 9.17) is 4.74 Å². The SMILES string of the molecule is COC(=O)c1ccc([N+](=O)[O-])c(N2CCOCC2(C)C)n1. The Morgan fingerprint density at radius 2 is 2.24 bits per heavy atom. The number of pyridine rings is 1. The van der Waals surface area contributed by atoms with E-state index in [1.807, 2.05) is 13.8 Å². The Balaban J connectivity index is 2.52. The zero-order valence-corrected chi connectivity index (χ0v) is 12.2. The summed E-state index contributed by atoms with van der Waals surface area (Å²) in [5.41, 5.74) is -0.553. The number of nitrogens with zero attached hydrogens (tertiary/aromatic N) is 3. The highest BCUT2D eigenvalue weighted by atomic mass is 16.6. The molecule has 1 fully saturated rings. The molecule has 8 heteroatoms. The number of aromatic nitrogens is 1. The predicted octanol–water partition coefficient (Wildman–Crippen LogP) is 1.39. The van der Waals surface area contributed by atoms with Gasteiger partial charge in [-0.05, 0) is 19.9 Å². The van der Waals surface area contributed by atoms with Crippen molar-refractivity contribution >= 4 is 17.5 Å². The molecule has 0 spiro atoms. The molecule has 2 rings (SSSR count). The van der Waals surface area contributed by atoms with Gasteiger partial charge in [0.05, 0.1) is 30.8 Å². The number of anilines is 1. The smallest absolute Gasteiger partial charge is 0.356 e. The Morgan fingerprint density at radius 3 is 2.81 bits per heavy atom. The van der Waals surface area contributed by atoms with Crippen LogP contribution in [0.1, 0.15) is 24.3 Å². The summed E-state index contributed by atoms with van der Waals surface area (Å²) in [6, 6.07) is 2.57. The normalized spacial score (nSPS) is 17.4. The number of ether oxygens (including phenoxy) is 2. The molecule has 0 radical (unpaired) electrons. The van der Waals surface area contributed by atoms with Gasteiger partial charge in [0.25, 0.3) is 0 Å². The molecule has 2 heterocycles. The van der Waals surface area contributed by atoms with Gasteiger partial charge in [-0.3, -0.25) is 10.1 Å². The number of nitro groups is 1. The maximum absolute atomic E-state index is 11.6. The van der Waals surface area contributed by atoms with Gasteiger partial charge in [-0.2, -0.15) is 0 Å². The quantitative estimate of drug-likeness (QED) is 0.472. The van der Waals surface area contributed by atoms with Crippen LogP contribution in [0, 0.1) is 10.1 Å². The summed E-state index contributed by atoms with van der Waals surface area (Å²) < 4.78 is 10.0. The second-order valence-electron chi connectivity index (χ2n) is 5.30. The van der Waals surface area contributed by atoms with E-state index in [1.165, 1.54) is 19.2 Å². The highest BCUT2D eigenvalue weighted by molar-refractivity contribution is 5.88. The molecule has 1 saturated heterocycles. The third-order valence-corrected chi connectivity index (χ3v) is 3.35. The zero-order chi connectivity index (χ0) is 15.6. The fraction of sp³-hybridized carbons (Fsp3) is 0.538. The molecule has 1 aliphatic rings. The Bertz CT molecular complexity index is 573. The third kappa shape index (κ3) is 2.94. The van der Waals surface area contributed by atoms with Crippen LogP contribution in [-0.2, 0) is 9.47 Å². The molecule has 0 bridgehead atoms. The zero-order valence-electron chi connectivity index (χ0n) is 12.2. The molecule has 114 valence electrons. The number of morpholine rings is 1. The summed E-state index contributed by atoms with van der Waals surface area (Å²) >= 11 is 0. The lowest BCUT2D eigenvalue weighted by molar-refractivity contribution is -0.384. The average Bonchev–Trinajstić information content (AvgIpc) is 2.45. The molecular weight excluding hydrogens is 278 g/mol. The molecule has 1 aromatic heterocycles. The van der Waals surface area contributed by atoms with Gasteiger partial charge in [0, 0.05) is 12.6 Å². The molecule has 1 aliphatic heterocycles. The first-order chi connectivity index (χ1) is 9.86. The number of hydrogen-bond acceptors (Lipinski definition) is 7. The minimum Gasteiger partial charge on any atom is -0.464 e. The highest BCUT2D eigenvalue weighted by Crippen LogP contribution is 2.33. The molecule has 21 heavy (non-hydrogen) atoms. The van der Waals surface area contributed by atoms with Gasteiger partial charge < -0.3 is 14.4 Å².